The molecular formula is C16H27NO3. The molecule has 0 aliphatic rings. The molecule has 0 aromatic heterocycles. The van der Waals surface area contributed by atoms with Crippen LogP contribution in [0, 0.1) is 0 Å². The van der Waals surface area contributed by atoms with E-state index in [2.05, 4.69) is 26.1 Å². The molecule has 0 heterocycles. The summed E-state index contributed by atoms with van der Waals surface area (Å²) in [7, 11) is 3.26. The van der Waals surface area contributed by atoms with Gasteiger partial charge >= 0.3 is 0 Å². The van der Waals surface area contributed by atoms with Crippen LogP contribution < -0.4 is 19.5 Å². The van der Waals surface area contributed by atoms with E-state index in [1.165, 1.54) is 0 Å². The Morgan fingerprint density at radius 3 is 2.00 bits per heavy atom. The predicted octanol–water partition coefficient (Wildman–Crippen LogP) is 3.25. The minimum atomic E-state index is 0.0673. The van der Waals surface area contributed by atoms with Crippen molar-refractivity contribution in [1.29, 1.82) is 0 Å². The number of hydrogen-bond donors (Lipinski definition) is 1. The van der Waals surface area contributed by atoms with E-state index in [1.54, 1.807) is 14.2 Å². The van der Waals surface area contributed by atoms with Crippen LogP contribution in [0.4, 0.5) is 0 Å². The molecule has 4 nitrogen and oxygen atoms in total. The molecule has 0 amide bonds. The number of methoxy groups -OCH3 is 2. The zero-order chi connectivity index (χ0) is 15.2. The molecule has 0 aliphatic heterocycles. The maximum atomic E-state index is 5.92. The van der Waals surface area contributed by atoms with Crippen molar-refractivity contribution in [1.82, 2.24) is 5.32 Å². The van der Waals surface area contributed by atoms with Crippen molar-refractivity contribution in [3.63, 3.8) is 0 Å². The van der Waals surface area contributed by atoms with Crippen molar-refractivity contribution in [2.45, 2.75) is 45.8 Å². The molecule has 1 atom stereocenters. The van der Waals surface area contributed by atoms with Gasteiger partial charge in [0.2, 0.25) is 0 Å². The van der Waals surface area contributed by atoms with E-state index in [9.17, 15) is 0 Å². The van der Waals surface area contributed by atoms with Gasteiger partial charge in [-0.05, 0) is 27.2 Å². The minimum Gasteiger partial charge on any atom is -0.496 e. The first kappa shape index (κ1) is 16.6. The van der Waals surface area contributed by atoms with Crippen LogP contribution in [0.1, 0.15) is 34.1 Å². The first-order valence-corrected chi connectivity index (χ1v) is 7.05. The smallest absolute Gasteiger partial charge is 0.127 e. The van der Waals surface area contributed by atoms with Gasteiger partial charge in [-0.15, -0.1) is 0 Å². The molecular weight excluding hydrogens is 254 g/mol. The van der Waals surface area contributed by atoms with Gasteiger partial charge in [0.25, 0.3) is 0 Å². The van der Waals surface area contributed by atoms with Gasteiger partial charge in [-0.25, -0.2) is 0 Å². The summed E-state index contributed by atoms with van der Waals surface area (Å²) in [4.78, 5) is 0. The quantitative estimate of drug-likeness (QED) is 0.794. The van der Waals surface area contributed by atoms with E-state index in [1.807, 2.05) is 25.1 Å². The highest BCUT2D eigenvalue weighted by Crippen LogP contribution is 2.28. The summed E-state index contributed by atoms with van der Waals surface area (Å²) in [5.41, 5.74) is 0.129. The van der Waals surface area contributed by atoms with Gasteiger partial charge in [0.15, 0.2) is 0 Å². The van der Waals surface area contributed by atoms with E-state index in [4.69, 9.17) is 14.2 Å². The van der Waals surface area contributed by atoms with Crippen molar-refractivity contribution in [2.75, 3.05) is 20.8 Å². The fraction of sp³-hybridized carbons (Fsp3) is 0.625. The molecule has 1 unspecified atom stereocenters. The molecule has 0 bridgehead atoms. The van der Waals surface area contributed by atoms with Crippen molar-refractivity contribution < 1.29 is 14.2 Å². The Bertz CT molecular complexity index is 396. The van der Waals surface area contributed by atoms with Crippen molar-refractivity contribution >= 4 is 0 Å². The summed E-state index contributed by atoms with van der Waals surface area (Å²) in [6.45, 7) is 9.39. The summed E-state index contributed by atoms with van der Waals surface area (Å²) >= 11 is 0. The van der Waals surface area contributed by atoms with E-state index in [-0.39, 0.29) is 11.6 Å². The summed E-state index contributed by atoms with van der Waals surface area (Å²) in [5, 5.41) is 3.50. The molecule has 4 heteroatoms. The van der Waals surface area contributed by atoms with E-state index < -0.39 is 0 Å². The molecule has 0 saturated heterocycles. The van der Waals surface area contributed by atoms with Gasteiger partial charge in [0.1, 0.15) is 23.4 Å². The fourth-order valence-corrected chi connectivity index (χ4v) is 1.67. The fourth-order valence-electron chi connectivity index (χ4n) is 1.67. The monoisotopic (exact) mass is 281 g/mol. The van der Waals surface area contributed by atoms with Crippen LogP contribution in [0.5, 0.6) is 17.2 Å². The molecule has 1 aromatic carbocycles. The van der Waals surface area contributed by atoms with Crippen LogP contribution in [0.3, 0.4) is 0 Å². The maximum absolute atomic E-state index is 5.92. The normalized spacial score (nSPS) is 12.9. The minimum absolute atomic E-state index is 0.0673. The van der Waals surface area contributed by atoms with Crippen LogP contribution in [0.2, 0.25) is 0 Å². The van der Waals surface area contributed by atoms with Gasteiger partial charge in [-0.1, -0.05) is 6.92 Å². The van der Waals surface area contributed by atoms with E-state index >= 15 is 0 Å². The van der Waals surface area contributed by atoms with Crippen LogP contribution in [-0.2, 0) is 0 Å². The molecule has 20 heavy (non-hydrogen) atoms. The highest BCUT2D eigenvalue weighted by molar-refractivity contribution is 5.42. The highest BCUT2D eigenvalue weighted by atomic mass is 16.5. The summed E-state index contributed by atoms with van der Waals surface area (Å²) < 4.78 is 16.4. The van der Waals surface area contributed by atoms with Gasteiger partial charge in [0.05, 0.1) is 14.2 Å². The van der Waals surface area contributed by atoms with Crippen LogP contribution >= 0.6 is 0 Å². The highest BCUT2D eigenvalue weighted by Gasteiger charge is 2.16. The second-order valence-corrected chi connectivity index (χ2v) is 5.60. The van der Waals surface area contributed by atoms with Gasteiger partial charge in [-0.2, -0.15) is 0 Å². The van der Waals surface area contributed by atoms with Gasteiger partial charge < -0.3 is 19.5 Å². The average Bonchev–Trinajstić information content (AvgIpc) is 2.44. The van der Waals surface area contributed by atoms with Crippen LogP contribution in [-0.4, -0.2) is 32.4 Å². The van der Waals surface area contributed by atoms with E-state index in [0.717, 1.165) is 30.2 Å². The zero-order valence-corrected chi connectivity index (χ0v) is 13.4. The average molecular weight is 281 g/mol. The largest absolute Gasteiger partial charge is 0.496 e. The Balaban J connectivity index is 2.63. The standard InChI is InChI=1S/C16H27NO3/c1-7-16(3,4)17-11-12(2)20-15-9-13(18-5)8-14(10-15)19-6/h8-10,12,17H,7,11H2,1-6H3. The van der Waals surface area contributed by atoms with Crippen molar-refractivity contribution in [3.8, 4) is 17.2 Å². The molecule has 0 fully saturated rings. The van der Waals surface area contributed by atoms with Gasteiger partial charge in [0, 0.05) is 30.3 Å². The zero-order valence-electron chi connectivity index (χ0n) is 13.4. The number of rotatable bonds is 8. The molecule has 114 valence electrons. The molecule has 0 saturated carbocycles. The Morgan fingerprint density at radius 2 is 1.55 bits per heavy atom. The number of nitrogens with one attached hydrogen (secondary N) is 1. The Hall–Kier alpha value is -1.42. The third-order valence-corrected chi connectivity index (χ3v) is 3.41. The molecule has 0 spiro atoms. The molecule has 0 radical (unpaired) electrons. The molecule has 1 N–H and O–H groups in total. The molecule has 1 aromatic rings. The maximum Gasteiger partial charge on any atom is 0.127 e. The summed E-state index contributed by atoms with van der Waals surface area (Å²) in [5.74, 6) is 2.21. The third-order valence-electron chi connectivity index (χ3n) is 3.41. The van der Waals surface area contributed by atoms with Gasteiger partial charge in [-0.3, -0.25) is 0 Å². The number of ether oxygens (including phenoxy) is 3. The Kier molecular flexibility index (Phi) is 6.14. The second kappa shape index (κ2) is 7.39. The first-order valence-electron chi connectivity index (χ1n) is 7.05. The lowest BCUT2D eigenvalue weighted by Crippen LogP contribution is -2.43. The second-order valence-electron chi connectivity index (χ2n) is 5.60. The summed E-state index contributed by atoms with van der Waals surface area (Å²) in [6.07, 6.45) is 1.14. The lowest BCUT2D eigenvalue weighted by Gasteiger charge is -2.27. The Labute approximate surface area is 122 Å². The molecule has 1 rings (SSSR count). The summed E-state index contributed by atoms with van der Waals surface area (Å²) in [6, 6.07) is 5.56. The van der Waals surface area contributed by atoms with Crippen molar-refractivity contribution in [3.05, 3.63) is 18.2 Å². The lowest BCUT2D eigenvalue weighted by atomic mass is 10.0. The third kappa shape index (κ3) is 5.29. The number of benzene rings is 1. The Morgan fingerprint density at radius 1 is 1.05 bits per heavy atom. The predicted molar refractivity (Wildman–Crippen MR) is 82.0 cm³/mol. The molecule has 0 aliphatic carbocycles. The SMILES string of the molecule is CCC(C)(C)NCC(C)Oc1cc(OC)cc(OC)c1. The first-order chi connectivity index (χ1) is 9.40. The van der Waals surface area contributed by atoms with Crippen LogP contribution in [0.25, 0.3) is 0 Å². The lowest BCUT2D eigenvalue weighted by molar-refractivity contribution is 0.197. The van der Waals surface area contributed by atoms with Crippen LogP contribution in [0.15, 0.2) is 18.2 Å². The number of hydrogen-bond acceptors (Lipinski definition) is 4. The van der Waals surface area contributed by atoms with Crippen molar-refractivity contribution in [2.24, 2.45) is 0 Å². The van der Waals surface area contributed by atoms with E-state index in [0.29, 0.717) is 0 Å². The topological polar surface area (TPSA) is 39.7 Å².